The molecule has 0 radical (unpaired) electrons. The minimum Gasteiger partial charge on any atom is -0.456 e. The summed E-state index contributed by atoms with van der Waals surface area (Å²) in [5.41, 5.74) is 29.6. The fraction of sp³-hybridized carbons (Fsp3) is 0.432. The van der Waals surface area contributed by atoms with Gasteiger partial charge in [0, 0.05) is 56.0 Å². The van der Waals surface area contributed by atoms with Crippen molar-refractivity contribution >= 4 is 90.5 Å². The van der Waals surface area contributed by atoms with E-state index in [2.05, 4.69) is 221 Å². The smallest absolute Gasteiger partial charge is 0.252 e. The highest BCUT2D eigenvalue weighted by Crippen LogP contribution is 2.64. The first-order valence-electron chi connectivity index (χ1n) is 30.5. The molecule has 79 heavy (non-hydrogen) atoms. The number of aryl methyl sites for hydroxylation is 1. The second kappa shape index (κ2) is 15.0. The number of anilines is 8. The lowest BCUT2D eigenvalue weighted by molar-refractivity contribution is 0.195. The summed E-state index contributed by atoms with van der Waals surface area (Å²) >= 11 is 0. The molecule has 1 aromatic heterocycles. The van der Waals surface area contributed by atoms with Gasteiger partial charge in [-0.25, -0.2) is 0 Å². The molecule has 3 atom stereocenters. The molecule has 6 bridgehead atoms. The highest BCUT2D eigenvalue weighted by atomic mass is 16.3. The Balaban J connectivity index is 1.11. The fourth-order valence-corrected chi connectivity index (χ4v) is 18.3. The minimum absolute atomic E-state index is 0.0155. The lowest BCUT2D eigenvalue weighted by atomic mass is 9.33. The molecule has 0 spiro atoms. The van der Waals surface area contributed by atoms with Crippen LogP contribution in [0.15, 0.2) is 114 Å². The first-order chi connectivity index (χ1) is 37.4. The molecule has 16 rings (SSSR count). The monoisotopic (exact) mass is 1040 g/mol. The van der Waals surface area contributed by atoms with E-state index in [1.807, 2.05) is 0 Å². The maximum Gasteiger partial charge on any atom is 0.252 e. The molecule has 1 saturated carbocycles. The Kier molecular flexibility index (Phi) is 9.26. The van der Waals surface area contributed by atoms with Gasteiger partial charge in [-0.15, -0.1) is 0 Å². The second-order valence-electron chi connectivity index (χ2n) is 30.5. The maximum atomic E-state index is 7.01. The molecule has 0 saturated heterocycles. The van der Waals surface area contributed by atoms with Gasteiger partial charge in [-0.3, -0.25) is 0 Å². The Morgan fingerprint density at radius 1 is 0.430 bits per heavy atom. The number of benzene rings is 7. The van der Waals surface area contributed by atoms with Crippen LogP contribution < -0.4 is 31.1 Å². The summed E-state index contributed by atoms with van der Waals surface area (Å²) in [4.78, 5) is 8.50. The Morgan fingerprint density at radius 2 is 1.04 bits per heavy atom. The lowest BCUT2D eigenvalue weighted by Gasteiger charge is -2.52. The second-order valence-corrected chi connectivity index (χ2v) is 30.5. The third-order valence-electron chi connectivity index (χ3n) is 23.8. The zero-order valence-electron chi connectivity index (χ0n) is 49.8. The van der Waals surface area contributed by atoms with Gasteiger partial charge in [-0.1, -0.05) is 151 Å². The van der Waals surface area contributed by atoms with Crippen molar-refractivity contribution in [2.75, 3.05) is 14.7 Å². The van der Waals surface area contributed by atoms with E-state index < -0.39 is 0 Å². The Labute approximate surface area is 471 Å². The van der Waals surface area contributed by atoms with E-state index >= 15 is 0 Å². The predicted molar refractivity (Wildman–Crippen MR) is 335 cm³/mol. The van der Waals surface area contributed by atoms with E-state index in [9.17, 15) is 0 Å². The van der Waals surface area contributed by atoms with Gasteiger partial charge in [-0.05, 0) is 213 Å². The van der Waals surface area contributed by atoms with Crippen molar-refractivity contribution < 1.29 is 4.42 Å². The van der Waals surface area contributed by atoms with Crippen LogP contribution in [0.3, 0.4) is 0 Å². The summed E-state index contributed by atoms with van der Waals surface area (Å²) in [7, 11) is 0. The fourth-order valence-electron chi connectivity index (χ4n) is 18.3. The first-order valence-corrected chi connectivity index (χ1v) is 30.5. The van der Waals surface area contributed by atoms with Crippen LogP contribution in [-0.4, -0.2) is 12.3 Å². The van der Waals surface area contributed by atoms with E-state index in [0.717, 1.165) is 43.3 Å². The van der Waals surface area contributed by atoms with Crippen molar-refractivity contribution in [2.45, 2.75) is 205 Å². The van der Waals surface area contributed by atoms with Gasteiger partial charge in [-0.2, -0.15) is 0 Å². The van der Waals surface area contributed by atoms with Crippen molar-refractivity contribution in [1.29, 1.82) is 0 Å². The van der Waals surface area contributed by atoms with Gasteiger partial charge in [0.05, 0.1) is 16.6 Å². The highest BCUT2D eigenvalue weighted by molar-refractivity contribution is 7.00. The number of fused-ring (bicyclic) bond motifs is 20. The average Bonchev–Trinajstić information content (AvgIpc) is 4.15. The van der Waals surface area contributed by atoms with E-state index in [1.54, 1.807) is 0 Å². The van der Waals surface area contributed by atoms with Crippen molar-refractivity contribution in [3.63, 3.8) is 0 Å². The van der Waals surface area contributed by atoms with Crippen LogP contribution in [0.2, 0.25) is 0 Å². The number of nitrogens with zero attached hydrogens (tertiary/aromatic N) is 3. The zero-order chi connectivity index (χ0) is 54.7. The third-order valence-corrected chi connectivity index (χ3v) is 23.8. The normalized spacial score (nSPS) is 26.2. The molecule has 0 N–H and O–H groups in total. The van der Waals surface area contributed by atoms with Gasteiger partial charge >= 0.3 is 0 Å². The van der Waals surface area contributed by atoms with Gasteiger partial charge < -0.3 is 19.1 Å². The molecular weight excluding hydrogens is 958 g/mol. The molecule has 5 heterocycles. The van der Waals surface area contributed by atoms with Crippen molar-refractivity contribution in [1.82, 2.24) is 0 Å². The van der Waals surface area contributed by atoms with Gasteiger partial charge in [0.1, 0.15) is 11.2 Å². The van der Waals surface area contributed by atoms with Crippen LogP contribution in [0, 0.1) is 6.92 Å². The zero-order valence-corrected chi connectivity index (χ0v) is 49.8. The van der Waals surface area contributed by atoms with Crippen molar-refractivity contribution in [3.8, 4) is 0 Å². The number of rotatable bonds is 1. The largest absolute Gasteiger partial charge is 0.456 e. The number of hydrogen-bond acceptors (Lipinski definition) is 4. The van der Waals surface area contributed by atoms with Gasteiger partial charge in [0.25, 0.3) is 6.71 Å². The molecule has 8 aromatic rings. The SMILES string of the molecule is Cc1cc2c3cc1N1c4cc(cc5c4B(c4cc6c(cc4N5c4ccc5c(c4)C(C)(C)CCC5(C)C)C(C)(C)CCC6(C)C)c4ccc5oc6ccccc6c5c41)N1c4cc(ccc4C4(C)CCCCC14C)C3(C)CCC2(C)C. The van der Waals surface area contributed by atoms with Crippen LogP contribution in [0.5, 0.6) is 0 Å². The molecule has 400 valence electrons. The molecule has 5 heteroatoms. The molecule has 7 aromatic carbocycles. The van der Waals surface area contributed by atoms with Gasteiger partial charge in [0.15, 0.2) is 0 Å². The van der Waals surface area contributed by atoms with Gasteiger partial charge in [0.2, 0.25) is 0 Å². The van der Waals surface area contributed by atoms with Crippen LogP contribution >= 0.6 is 0 Å². The summed E-state index contributed by atoms with van der Waals surface area (Å²) in [6, 6.07) is 45.3. The third kappa shape index (κ3) is 6.03. The quantitative estimate of drug-likeness (QED) is 0.153. The van der Waals surface area contributed by atoms with Crippen LogP contribution in [0.4, 0.5) is 45.5 Å². The highest BCUT2D eigenvalue weighted by Gasteiger charge is 2.59. The summed E-state index contributed by atoms with van der Waals surface area (Å²) in [6.45, 7) is 35.3. The Hall–Kier alpha value is -6.20. The predicted octanol–water partition coefficient (Wildman–Crippen LogP) is 18.1. The van der Waals surface area contributed by atoms with E-state index in [4.69, 9.17) is 4.42 Å². The Morgan fingerprint density at radius 3 is 1.77 bits per heavy atom. The number of furan rings is 1. The van der Waals surface area contributed by atoms with Crippen LogP contribution in [0.25, 0.3) is 21.9 Å². The molecular formula is C74H80BN3O. The number of hydrogen-bond donors (Lipinski definition) is 0. The summed E-state index contributed by atoms with van der Waals surface area (Å²) < 4.78 is 7.01. The van der Waals surface area contributed by atoms with E-state index in [-0.39, 0.29) is 50.2 Å². The molecule has 4 aliphatic heterocycles. The maximum absolute atomic E-state index is 7.01. The standard InChI is InChI=1S/C74H80BN3O/c1-43-35-50-54-42-57(43)77-61-39-46(78-58-36-44(72(54,12)34-33-71(50,10)11)21-23-49(58)73(13)27-17-18-28-74(73,78)14)38-60-65(61)75(55-25-26-63-64(66(55)77)47-19-15-16-20-62(47)79-63)56-40-52-53(70(8,9)32-31-69(52,6)7)41-59(56)76(60)45-22-24-48-51(37-45)68(4,5)30-29-67(48,2)3/h15-16,19-26,35-42H,17-18,27-34H2,1-14H3. The van der Waals surface area contributed by atoms with Crippen LogP contribution in [0.1, 0.15) is 204 Å². The van der Waals surface area contributed by atoms with E-state index in [1.165, 1.54) is 155 Å². The van der Waals surface area contributed by atoms with E-state index in [0.29, 0.717) is 0 Å². The summed E-state index contributed by atoms with van der Waals surface area (Å²) in [5, 5.41) is 2.39. The molecule has 4 aliphatic carbocycles. The average molecular weight is 1040 g/mol. The number of para-hydroxylation sites is 1. The van der Waals surface area contributed by atoms with Crippen molar-refractivity contribution in [2.24, 2.45) is 0 Å². The topological polar surface area (TPSA) is 22.9 Å². The first kappa shape index (κ1) is 48.7. The molecule has 1 fully saturated rings. The molecule has 8 aliphatic rings. The Bertz CT molecular complexity index is 4070. The molecule has 3 unspecified atom stereocenters. The summed E-state index contributed by atoms with van der Waals surface area (Å²) in [5.74, 6) is 0. The molecule has 0 amide bonds. The molecule has 4 nitrogen and oxygen atoms in total. The lowest BCUT2D eigenvalue weighted by Crippen LogP contribution is -2.62. The van der Waals surface area contributed by atoms with Crippen LogP contribution in [-0.2, 0) is 37.9 Å². The van der Waals surface area contributed by atoms with Crippen molar-refractivity contribution in [3.05, 3.63) is 159 Å². The minimum atomic E-state index is -0.199. The summed E-state index contributed by atoms with van der Waals surface area (Å²) in [6.07, 6.45) is 11.7.